The van der Waals surface area contributed by atoms with Crippen LogP contribution in [-0.2, 0) is 0 Å². The zero-order valence-electron chi connectivity index (χ0n) is 11.8. The minimum Gasteiger partial charge on any atom is -0.313 e. The molecule has 0 aliphatic carbocycles. The minimum absolute atomic E-state index is 0.178. The van der Waals surface area contributed by atoms with Crippen molar-refractivity contribution in [1.82, 2.24) is 9.97 Å². The van der Waals surface area contributed by atoms with Crippen molar-refractivity contribution < 1.29 is 4.79 Å². The second-order valence-electron chi connectivity index (χ2n) is 4.73. The summed E-state index contributed by atoms with van der Waals surface area (Å²) in [7, 11) is 0. The summed E-state index contributed by atoms with van der Waals surface area (Å²) in [4.78, 5) is 30.7. The Labute approximate surface area is 140 Å². The average molecular weight is 343 g/mol. The zero-order valence-corrected chi connectivity index (χ0v) is 13.4. The SMILES string of the molecule is O=C(/C=c1/[nH]c(=O)/c(=C/c2ccc(Cl)cc2)s1)c1ccncc1. The molecule has 114 valence electrons. The van der Waals surface area contributed by atoms with Gasteiger partial charge in [-0.2, -0.15) is 0 Å². The van der Waals surface area contributed by atoms with Gasteiger partial charge >= 0.3 is 0 Å². The molecule has 1 aromatic carbocycles. The molecule has 0 aliphatic rings. The van der Waals surface area contributed by atoms with Crippen molar-refractivity contribution in [2.45, 2.75) is 0 Å². The van der Waals surface area contributed by atoms with Crippen LogP contribution in [0.15, 0.2) is 53.6 Å². The fourth-order valence-corrected chi connectivity index (χ4v) is 2.96. The van der Waals surface area contributed by atoms with Gasteiger partial charge in [-0.1, -0.05) is 23.7 Å². The van der Waals surface area contributed by atoms with Crippen molar-refractivity contribution in [2.24, 2.45) is 0 Å². The highest BCUT2D eigenvalue weighted by molar-refractivity contribution is 7.07. The molecule has 6 heteroatoms. The number of aromatic amines is 1. The van der Waals surface area contributed by atoms with Gasteiger partial charge in [0, 0.05) is 29.1 Å². The highest BCUT2D eigenvalue weighted by Gasteiger charge is 2.02. The van der Waals surface area contributed by atoms with Gasteiger partial charge < -0.3 is 4.98 Å². The standard InChI is InChI=1S/C17H11ClN2O2S/c18-13-3-1-11(2-4-13)9-15-17(22)20-16(23-15)10-14(21)12-5-7-19-8-6-12/h1-10H,(H,20,22)/b15-9-,16-10-. The van der Waals surface area contributed by atoms with Gasteiger partial charge in [0.1, 0.15) is 0 Å². The van der Waals surface area contributed by atoms with Gasteiger partial charge in [-0.15, -0.1) is 11.3 Å². The van der Waals surface area contributed by atoms with Crippen LogP contribution >= 0.6 is 22.9 Å². The molecule has 0 amide bonds. The number of benzene rings is 1. The Morgan fingerprint density at radius 2 is 1.83 bits per heavy atom. The lowest BCUT2D eigenvalue weighted by Crippen LogP contribution is -2.19. The summed E-state index contributed by atoms with van der Waals surface area (Å²) >= 11 is 7.07. The van der Waals surface area contributed by atoms with E-state index in [4.69, 9.17) is 11.6 Å². The highest BCUT2D eigenvalue weighted by Crippen LogP contribution is 2.09. The first-order valence-electron chi connectivity index (χ1n) is 6.74. The van der Waals surface area contributed by atoms with Gasteiger partial charge in [0.2, 0.25) is 0 Å². The summed E-state index contributed by atoms with van der Waals surface area (Å²) in [5.74, 6) is -0.178. The number of rotatable bonds is 3. The topological polar surface area (TPSA) is 62.8 Å². The summed E-state index contributed by atoms with van der Waals surface area (Å²) < 4.78 is 1.04. The van der Waals surface area contributed by atoms with Crippen LogP contribution in [0.2, 0.25) is 5.02 Å². The van der Waals surface area contributed by atoms with Crippen LogP contribution in [0.25, 0.3) is 12.2 Å². The molecule has 0 unspecified atom stereocenters. The molecule has 1 N–H and O–H groups in total. The van der Waals surface area contributed by atoms with Crippen LogP contribution in [0.1, 0.15) is 15.9 Å². The number of H-pyrrole nitrogens is 1. The number of pyridine rings is 1. The number of aromatic nitrogens is 2. The Kier molecular flexibility index (Phi) is 4.50. The summed E-state index contributed by atoms with van der Waals surface area (Å²) in [5, 5.41) is 0.638. The van der Waals surface area contributed by atoms with E-state index in [1.54, 1.807) is 42.7 Å². The second kappa shape index (κ2) is 6.73. The predicted octanol–water partition coefficient (Wildman–Crippen LogP) is 1.98. The maximum Gasteiger partial charge on any atom is 0.266 e. The third-order valence-corrected chi connectivity index (χ3v) is 4.29. The Bertz CT molecular complexity index is 1010. The van der Waals surface area contributed by atoms with Crippen LogP contribution in [-0.4, -0.2) is 15.8 Å². The Morgan fingerprint density at radius 3 is 2.52 bits per heavy atom. The van der Waals surface area contributed by atoms with E-state index in [9.17, 15) is 9.59 Å². The van der Waals surface area contributed by atoms with Gasteiger partial charge in [0.15, 0.2) is 5.78 Å². The second-order valence-corrected chi connectivity index (χ2v) is 6.25. The maximum atomic E-state index is 12.1. The molecule has 2 heterocycles. The summed E-state index contributed by atoms with van der Waals surface area (Å²) in [6.07, 6.45) is 6.28. The van der Waals surface area contributed by atoms with E-state index >= 15 is 0 Å². The number of Topliss-reactive ketones (excluding diaryl/α,β-unsaturated/α-hetero) is 1. The Balaban J connectivity index is 1.98. The predicted molar refractivity (Wildman–Crippen MR) is 92.2 cm³/mol. The molecule has 3 rings (SSSR count). The van der Waals surface area contributed by atoms with Crippen molar-refractivity contribution >= 4 is 40.9 Å². The average Bonchev–Trinajstić information content (AvgIpc) is 2.90. The monoisotopic (exact) mass is 342 g/mol. The fourth-order valence-electron chi connectivity index (χ4n) is 1.95. The minimum atomic E-state index is -0.223. The van der Waals surface area contributed by atoms with Crippen LogP contribution in [0, 0.1) is 0 Å². The normalized spacial score (nSPS) is 12.6. The van der Waals surface area contributed by atoms with E-state index in [1.807, 2.05) is 12.1 Å². The highest BCUT2D eigenvalue weighted by atomic mass is 35.5. The first-order chi connectivity index (χ1) is 11.1. The van der Waals surface area contributed by atoms with Gasteiger partial charge in [-0.25, -0.2) is 0 Å². The lowest BCUT2D eigenvalue weighted by molar-refractivity contribution is 0.106. The molecule has 0 aliphatic heterocycles. The maximum absolute atomic E-state index is 12.1. The van der Waals surface area contributed by atoms with Crippen LogP contribution in [0.3, 0.4) is 0 Å². The van der Waals surface area contributed by atoms with E-state index in [0.717, 1.165) is 5.56 Å². The number of ketones is 1. The molecule has 2 aromatic heterocycles. The van der Waals surface area contributed by atoms with Crippen LogP contribution in [0.4, 0.5) is 0 Å². The summed E-state index contributed by atoms with van der Waals surface area (Å²) in [5.41, 5.74) is 1.17. The molecule has 0 saturated carbocycles. The van der Waals surface area contributed by atoms with Crippen molar-refractivity contribution in [3.8, 4) is 0 Å². The number of hydrogen-bond donors (Lipinski definition) is 1. The number of nitrogens with one attached hydrogen (secondary N) is 1. The first kappa shape index (κ1) is 15.4. The molecule has 23 heavy (non-hydrogen) atoms. The molecule has 3 aromatic rings. The first-order valence-corrected chi connectivity index (χ1v) is 7.94. The fraction of sp³-hybridized carbons (Fsp3) is 0. The van der Waals surface area contributed by atoms with Crippen molar-refractivity contribution in [3.05, 3.63) is 84.5 Å². The van der Waals surface area contributed by atoms with E-state index < -0.39 is 0 Å². The van der Waals surface area contributed by atoms with Gasteiger partial charge in [0.25, 0.3) is 5.56 Å². The van der Waals surface area contributed by atoms with Gasteiger partial charge in [-0.3, -0.25) is 14.6 Å². The molecule has 4 nitrogen and oxygen atoms in total. The molecule has 0 radical (unpaired) electrons. The number of nitrogens with zero attached hydrogens (tertiary/aromatic N) is 1. The molecule has 0 atom stereocenters. The van der Waals surface area contributed by atoms with Gasteiger partial charge in [-0.05, 0) is 35.9 Å². The lowest BCUT2D eigenvalue weighted by Gasteiger charge is -1.91. The molecular weight excluding hydrogens is 332 g/mol. The van der Waals surface area contributed by atoms with E-state index in [-0.39, 0.29) is 11.3 Å². The molecule has 0 bridgehead atoms. The summed E-state index contributed by atoms with van der Waals surface area (Å²) in [6, 6.07) is 10.4. The lowest BCUT2D eigenvalue weighted by atomic mass is 10.2. The van der Waals surface area contributed by atoms with Crippen LogP contribution in [0.5, 0.6) is 0 Å². The third-order valence-electron chi connectivity index (χ3n) is 3.08. The van der Waals surface area contributed by atoms with Crippen LogP contribution < -0.4 is 14.8 Å². The van der Waals surface area contributed by atoms with Crippen molar-refractivity contribution in [1.29, 1.82) is 0 Å². The number of carbonyl (C=O) groups excluding carboxylic acids is 1. The zero-order chi connectivity index (χ0) is 16.2. The van der Waals surface area contributed by atoms with E-state index in [0.29, 0.717) is 19.8 Å². The number of halogens is 1. The number of carbonyl (C=O) groups is 1. The Morgan fingerprint density at radius 1 is 1.13 bits per heavy atom. The molecular formula is C17H11ClN2O2S. The molecule has 0 saturated heterocycles. The largest absolute Gasteiger partial charge is 0.313 e. The number of thiazole rings is 1. The van der Waals surface area contributed by atoms with E-state index in [2.05, 4.69) is 9.97 Å². The Hall–Kier alpha value is -2.50. The number of hydrogen-bond acceptors (Lipinski definition) is 4. The van der Waals surface area contributed by atoms with E-state index in [1.165, 1.54) is 17.4 Å². The van der Waals surface area contributed by atoms with Gasteiger partial charge in [0.05, 0.1) is 9.20 Å². The third kappa shape index (κ3) is 3.83. The van der Waals surface area contributed by atoms with Crippen molar-refractivity contribution in [2.75, 3.05) is 0 Å². The summed E-state index contributed by atoms with van der Waals surface area (Å²) in [6.45, 7) is 0. The van der Waals surface area contributed by atoms with Crippen molar-refractivity contribution in [3.63, 3.8) is 0 Å². The smallest absolute Gasteiger partial charge is 0.266 e. The molecule has 0 spiro atoms. The molecule has 0 fully saturated rings. The quantitative estimate of drug-likeness (QED) is 0.740.